The highest BCUT2D eigenvalue weighted by Crippen LogP contribution is 2.15. The molecule has 0 aliphatic rings. The molecule has 2 N–H and O–H groups in total. The number of hydrogen-bond donors (Lipinski definition) is 2. The van der Waals surface area contributed by atoms with Crippen LogP contribution in [-0.2, 0) is 0 Å². The molecule has 0 aromatic heterocycles. The fraction of sp³-hybridized carbons (Fsp3) is 0.571. The molecule has 16 heavy (non-hydrogen) atoms. The van der Waals surface area contributed by atoms with Crippen molar-refractivity contribution in [2.45, 2.75) is 40.2 Å². The molecule has 0 fully saturated rings. The summed E-state index contributed by atoms with van der Waals surface area (Å²) in [5.41, 5.74) is 3.89. The minimum Gasteiger partial charge on any atom is -0.384 e. The van der Waals surface area contributed by atoms with Gasteiger partial charge in [-0.15, -0.1) is 0 Å². The molecule has 0 aliphatic heterocycles. The highest BCUT2D eigenvalue weighted by Gasteiger charge is 1.98. The van der Waals surface area contributed by atoms with Crippen molar-refractivity contribution in [1.82, 2.24) is 5.32 Å². The lowest BCUT2D eigenvalue weighted by atomic mass is 10.1. The van der Waals surface area contributed by atoms with Gasteiger partial charge >= 0.3 is 0 Å². The summed E-state index contributed by atoms with van der Waals surface area (Å²) in [6.07, 6.45) is 1.18. The first-order chi connectivity index (χ1) is 7.63. The quantitative estimate of drug-likeness (QED) is 0.720. The number of rotatable bonds is 6. The number of aryl methyl sites for hydroxylation is 2. The van der Waals surface area contributed by atoms with E-state index in [-0.39, 0.29) is 0 Å². The molecule has 2 heteroatoms. The third-order valence-electron chi connectivity index (χ3n) is 2.93. The Bertz CT molecular complexity index is 321. The van der Waals surface area contributed by atoms with Gasteiger partial charge in [-0.25, -0.2) is 0 Å². The van der Waals surface area contributed by atoms with Crippen LogP contribution in [0, 0.1) is 13.8 Å². The molecule has 1 atom stereocenters. The maximum absolute atomic E-state index is 3.47. The summed E-state index contributed by atoms with van der Waals surface area (Å²) < 4.78 is 0. The molecule has 0 saturated carbocycles. The van der Waals surface area contributed by atoms with Crippen LogP contribution in [0.2, 0.25) is 0 Å². The van der Waals surface area contributed by atoms with Crippen LogP contribution in [0.1, 0.15) is 31.4 Å². The van der Waals surface area contributed by atoms with Crippen LogP contribution in [-0.4, -0.2) is 19.1 Å². The van der Waals surface area contributed by atoms with Gasteiger partial charge in [-0.3, -0.25) is 0 Å². The van der Waals surface area contributed by atoms with E-state index in [0.29, 0.717) is 6.04 Å². The van der Waals surface area contributed by atoms with Gasteiger partial charge in [0.05, 0.1) is 0 Å². The number of benzene rings is 1. The molecule has 1 rings (SSSR count). The predicted molar refractivity (Wildman–Crippen MR) is 72.2 cm³/mol. The van der Waals surface area contributed by atoms with Gasteiger partial charge in [0.15, 0.2) is 0 Å². The van der Waals surface area contributed by atoms with Gasteiger partial charge in [0.25, 0.3) is 0 Å². The largest absolute Gasteiger partial charge is 0.384 e. The molecule has 0 saturated heterocycles. The Morgan fingerprint density at radius 2 is 1.94 bits per heavy atom. The fourth-order valence-electron chi connectivity index (χ4n) is 1.67. The lowest BCUT2D eigenvalue weighted by Gasteiger charge is -2.13. The lowest BCUT2D eigenvalue weighted by Crippen LogP contribution is -2.30. The normalized spacial score (nSPS) is 12.5. The summed E-state index contributed by atoms with van der Waals surface area (Å²) in [5, 5.41) is 6.93. The molecular weight excluding hydrogens is 196 g/mol. The fourth-order valence-corrected chi connectivity index (χ4v) is 1.67. The molecule has 1 unspecified atom stereocenters. The smallest absolute Gasteiger partial charge is 0.0370 e. The second-order valence-corrected chi connectivity index (χ2v) is 4.51. The molecule has 0 bridgehead atoms. The first-order valence-electron chi connectivity index (χ1n) is 6.18. The molecule has 0 radical (unpaired) electrons. The number of anilines is 1. The zero-order chi connectivity index (χ0) is 12.0. The lowest BCUT2D eigenvalue weighted by molar-refractivity contribution is 0.546. The Balaban J connectivity index is 2.32. The first-order valence-corrected chi connectivity index (χ1v) is 6.18. The molecule has 1 aromatic carbocycles. The molecule has 0 amide bonds. The van der Waals surface area contributed by atoms with Gasteiger partial charge in [0.1, 0.15) is 0 Å². The van der Waals surface area contributed by atoms with Gasteiger partial charge in [-0.05, 0) is 38.8 Å². The summed E-state index contributed by atoms with van der Waals surface area (Å²) in [7, 11) is 0. The predicted octanol–water partition coefficient (Wildman–Crippen LogP) is 3.10. The van der Waals surface area contributed by atoms with Crippen molar-refractivity contribution >= 4 is 5.69 Å². The Morgan fingerprint density at radius 3 is 2.56 bits per heavy atom. The topological polar surface area (TPSA) is 24.1 Å². The zero-order valence-corrected chi connectivity index (χ0v) is 10.9. The highest BCUT2D eigenvalue weighted by atomic mass is 15.0. The Hall–Kier alpha value is -1.02. The molecule has 0 spiro atoms. The third kappa shape index (κ3) is 4.23. The third-order valence-corrected chi connectivity index (χ3v) is 2.93. The molecule has 90 valence electrons. The molecule has 1 aromatic rings. The second-order valence-electron chi connectivity index (χ2n) is 4.51. The average molecular weight is 220 g/mol. The summed E-state index contributed by atoms with van der Waals surface area (Å²) in [6, 6.07) is 7.14. The van der Waals surface area contributed by atoms with Crippen LogP contribution >= 0.6 is 0 Å². The molecular formula is C14H24N2. The van der Waals surface area contributed by atoms with Gasteiger partial charge in [0, 0.05) is 24.8 Å². The molecule has 2 nitrogen and oxygen atoms in total. The van der Waals surface area contributed by atoms with E-state index in [0.717, 1.165) is 13.1 Å². The van der Waals surface area contributed by atoms with Crippen molar-refractivity contribution in [2.24, 2.45) is 0 Å². The van der Waals surface area contributed by atoms with Crippen molar-refractivity contribution in [1.29, 1.82) is 0 Å². The minimum absolute atomic E-state index is 0.612. The van der Waals surface area contributed by atoms with E-state index in [1.165, 1.54) is 23.2 Å². The van der Waals surface area contributed by atoms with Crippen LogP contribution in [0.4, 0.5) is 5.69 Å². The van der Waals surface area contributed by atoms with Gasteiger partial charge in [0.2, 0.25) is 0 Å². The highest BCUT2D eigenvalue weighted by molar-refractivity contribution is 5.51. The second kappa shape index (κ2) is 6.54. The van der Waals surface area contributed by atoms with Crippen LogP contribution < -0.4 is 10.6 Å². The van der Waals surface area contributed by atoms with E-state index < -0.39 is 0 Å². The summed E-state index contributed by atoms with van der Waals surface area (Å²) in [4.78, 5) is 0. The van der Waals surface area contributed by atoms with Crippen molar-refractivity contribution < 1.29 is 0 Å². The summed E-state index contributed by atoms with van der Waals surface area (Å²) in [5.74, 6) is 0. The van der Waals surface area contributed by atoms with Gasteiger partial charge in [-0.1, -0.05) is 24.6 Å². The van der Waals surface area contributed by atoms with Gasteiger partial charge < -0.3 is 10.6 Å². The van der Waals surface area contributed by atoms with E-state index in [4.69, 9.17) is 0 Å². The monoisotopic (exact) mass is 220 g/mol. The van der Waals surface area contributed by atoms with Gasteiger partial charge in [-0.2, -0.15) is 0 Å². The maximum atomic E-state index is 3.47. The van der Waals surface area contributed by atoms with Crippen molar-refractivity contribution in [3.05, 3.63) is 29.3 Å². The van der Waals surface area contributed by atoms with E-state index in [1.807, 2.05) is 0 Å². The van der Waals surface area contributed by atoms with Crippen molar-refractivity contribution in [3.8, 4) is 0 Å². The molecule has 0 heterocycles. The van der Waals surface area contributed by atoms with Crippen LogP contribution in [0.25, 0.3) is 0 Å². The van der Waals surface area contributed by atoms with E-state index >= 15 is 0 Å². The Kier molecular flexibility index (Phi) is 5.33. The van der Waals surface area contributed by atoms with Crippen molar-refractivity contribution in [3.63, 3.8) is 0 Å². The molecule has 0 aliphatic carbocycles. The Labute approximate surface area is 99.5 Å². The van der Waals surface area contributed by atoms with E-state index in [2.05, 4.69) is 56.5 Å². The zero-order valence-electron chi connectivity index (χ0n) is 10.9. The van der Waals surface area contributed by atoms with Crippen LogP contribution in [0.3, 0.4) is 0 Å². The van der Waals surface area contributed by atoms with Crippen LogP contribution in [0.15, 0.2) is 18.2 Å². The SMILES string of the molecule is CCC(C)NCCNc1ccc(C)cc1C. The average Bonchev–Trinajstić information content (AvgIpc) is 2.26. The minimum atomic E-state index is 0.612. The van der Waals surface area contributed by atoms with Crippen LogP contribution in [0.5, 0.6) is 0 Å². The summed E-state index contributed by atoms with van der Waals surface area (Å²) in [6.45, 7) is 10.7. The Morgan fingerprint density at radius 1 is 1.19 bits per heavy atom. The van der Waals surface area contributed by atoms with Crippen molar-refractivity contribution in [2.75, 3.05) is 18.4 Å². The standard InChI is InChI=1S/C14H24N2/c1-5-13(4)15-8-9-16-14-7-6-11(2)10-12(14)3/h6-7,10,13,15-16H,5,8-9H2,1-4H3. The first kappa shape index (κ1) is 13.0. The maximum Gasteiger partial charge on any atom is 0.0370 e. The van der Waals surface area contributed by atoms with E-state index in [1.54, 1.807) is 0 Å². The number of nitrogens with one attached hydrogen (secondary N) is 2. The summed E-state index contributed by atoms with van der Waals surface area (Å²) >= 11 is 0. The number of hydrogen-bond acceptors (Lipinski definition) is 2. The van der Waals surface area contributed by atoms with E-state index in [9.17, 15) is 0 Å².